The number of hydrogen-bond donors (Lipinski definition) is 0. The first-order valence-electron chi connectivity index (χ1n) is 23.4. The van der Waals surface area contributed by atoms with Gasteiger partial charge >= 0.3 is 21.1 Å². The topological polar surface area (TPSA) is 47.0 Å². The Morgan fingerprint density at radius 3 is 2.03 bits per heavy atom. The summed E-state index contributed by atoms with van der Waals surface area (Å²) in [5.74, 6) is 2.23. The van der Waals surface area contributed by atoms with Crippen LogP contribution in [-0.4, -0.2) is 16.4 Å². The van der Waals surface area contributed by atoms with Crippen LogP contribution in [0.2, 0.25) is 0 Å². The minimum absolute atomic E-state index is 0. The SMILES string of the molecule is [2H]C1([2H])c2cc(C)c(C)cc2[C@]2(C(C)(C)C)OC(c3[c-]c(Oc4[c-]c(N5c6ccc(C(C)(C)C)cc6C(C)(C)c6cc(C)cnc65)cc(C)c4)cc(-c4c(C)cc(C)cc4C)c3)=N[C@]12C.[Pt+2]. The molecule has 0 bridgehead atoms. The Kier molecular flexibility index (Phi) is 10.3. The van der Waals surface area contributed by atoms with Gasteiger partial charge in [-0.05, 0) is 116 Å². The van der Waals surface area contributed by atoms with Crippen molar-refractivity contribution in [2.24, 2.45) is 10.4 Å². The van der Waals surface area contributed by atoms with Crippen LogP contribution in [0.25, 0.3) is 11.1 Å². The van der Waals surface area contributed by atoms with Crippen LogP contribution >= 0.6 is 0 Å². The number of aryl methyl sites for hydroxylation is 7. The van der Waals surface area contributed by atoms with E-state index in [1.54, 1.807) is 0 Å². The number of anilines is 3. The van der Waals surface area contributed by atoms with E-state index in [1.807, 2.05) is 38.2 Å². The second kappa shape index (κ2) is 15.3. The summed E-state index contributed by atoms with van der Waals surface area (Å²) in [6.45, 7) is 34.4. The molecule has 0 radical (unpaired) electrons. The first kappa shape index (κ1) is 42.9. The predicted molar refractivity (Wildman–Crippen MR) is 260 cm³/mol. The molecule has 2 atom stereocenters. The molecule has 0 saturated heterocycles. The zero-order valence-corrected chi connectivity index (χ0v) is 42.8. The van der Waals surface area contributed by atoms with Gasteiger partial charge in [-0.15, -0.1) is 24.3 Å². The van der Waals surface area contributed by atoms with E-state index in [1.165, 1.54) is 16.7 Å². The number of ether oxygens (including phenoxy) is 2. The number of aliphatic imine (C=N–C) groups is 1. The van der Waals surface area contributed by atoms with Crippen molar-refractivity contribution in [2.45, 2.75) is 139 Å². The summed E-state index contributed by atoms with van der Waals surface area (Å²) >= 11 is 0. The fourth-order valence-electron chi connectivity index (χ4n) is 10.7. The van der Waals surface area contributed by atoms with E-state index in [9.17, 15) is 2.74 Å². The van der Waals surface area contributed by atoms with Crippen LogP contribution in [0, 0.1) is 66.0 Å². The summed E-state index contributed by atoms with van der Waals surface area (Å²) in [5.41, 5.74) is 14.1. The molecule has 0 saturated carbocycles. The van der Waals surface area contributed by atoms with Crippen LogP contribution in [0.1, 0.15) is 137 Å². The van der Waals surface area contributed by atoms with E-state index in [4.69, 9.17) is 19.5 Å². The molecular weight excluding hydrogens is 966 g/mol. The Labute approximate surface area is 399 Å². The normalized spacial score (nSPS) is 20.8. The van der Waals surface area contributed by atoms with Gasteiger partial charge in [0.2, 0.25) is 0 Å². The van der Waals surface area contributed by atoms with Gasteiger partial charge in [0.15, 0.2) is 5.60 Å². The number of aromatic nitrogens is 1. The van der Waals surface area contributed by atoms with Crippen molar-refractivity contribution < 1.29 is 33.3 Å². The van der Waals surface area contributed by atoms with Gasteiger partial charge in [0.25, 0.3) is 0 Å². The van der Waals surface area contributed by atoms with Crippen molar-refractivity contribution in [1.29, 1.82) is 0 Å². The molecule has 3 aliphatic rings. The van der Waals surface area contributed by atoms with Gasteiger partial charge in [-0.1, -0.05) is 133 Å². The Balaban J connectivity index is 0.00000592. The Morgan fingerprint density at radius 1 is 0.703 bits per heavy atom. The molecule has 3 heterocycles. The number of rotatable bonds is 5. The van der Waals surface area contributed by atoms with Gasteiger partial charge in [0.1, 0.15) is 11.7 Å². The maximum atomic E-state index is 9.78. The molecular formula is C58H63N3O2Pt. The monoisotopic (exact) mass is 1030 g/mol. The van der Waals surface area contributed by atoms with Crippen molar-refractivity contribution in [3.05, 3.63) is 163 Å². The fraction of sp³-hybridized carbons (Fsp3) is 0.379. The quantitative estimate of drug-likeness (QED) is 0.161. The Bertz CT molecular complexity index is 3000. The van der Waals surface area contributed by atoms with Gasteiger partial charge in [0, 0.05) is 54.5 Å². The number of nitrogens with zero attached hydrogens (tertiary/aromatic N) is 3. The fourth-order valence-corrected chi connectivity index (χ4v) is 10.7. The molecule has 332 valence electrons. The third-order valence-electron chi connectivity index (χ3n) is 13.8. The molecule has 0 unspecified atom stereocenters. The van der Waals surface area contributed by atoms with E-state index in [0.29, 0.717) is 28.5 Å². The van der Waals surface area contributed by atoms with Gasteiger partial charge in [-0.25, -0.2) is 4.98 Å². The minimum atomic E-state index is -1.83. The van der Waals surface area contributed by atoms with Gasteiger partial charge in [-0.2, -0.15) is 5.56 Å². The molecule has 5 aromatic carbocycles. The largest absolute Gasteiger partial charge is 2.00 e. The first-order valence-corrected chi connectivity index (χ1v) is 22.4. The first-order chi connectivity index (χ1) is 30.2. The summed E-state index contributed by atoms with van der Waals surface area (Å²) < 4.78 is 33.8. The average Bonchev–Trinajstić information content (AvgIpc) is 3.60. The van der Waals surface area contributed by atoms with E-state index < -0.39 is 22.9 Å². The number of pyridine rings is 1. The van der Waals surface area contributed by atoms with E-state index >= 15 is 0 Å². The second-order valence-electron chi connectivity index (χ2n) is 21.4. The van der Waals surface area contributed by atoms with E-state index in [2.05, 4.69) is 169 Å². The van der Waals surface area contributed by atoms with Gasteiger partial charge < -0.3 is 14.4 Å². The molecule has 0 amide bonds. The molecule has 0 N–H and O–H groups in total. The molecule has 6 aromatic rings. The smallest absolute Gasteiger partial charge is 0.507 e. The number of benzene rings is 5. The number of fused-ring (bicyclic) bond motifs is 5. The van der Waals surface area contributed by atoms with Crippen LogP contribution in [0.5, 0.6) is 11.5 Å². The standard InChI is InChI=1S/C58H63N3O2.Pt/c1-33-19-38(6)51(39(7)20-33)40-26-41(53-60-57(16)31-42-24-36(4)37(5)25-47(42)58(57,63-53)55(11,12)13)28-46(27-40)62-45-22-34(2)21-44(30-45)61-50-18-17-43(54(8,9)10)29-48(50)56(14,15)49-23-35(3)32-59-52(49)61;/h17-27,29,32H,31H2,1-16H3;/q-2;+2/t57-,58-;/m1./s1/i31D2;. The molecule has 0 fully saturated rings. The van der Waals surface area contributed by atoms with Crippen LogP contribution in [0.3, 0.4) is 0 Å². The van der Waals surface area contributed by atoms with Crippen LogP contribution in [0.4, 0.5) is 17.2 Å². The van der Waals surface area contributed by atoms with Gasteiger partial charge in [-0.3, -0.25) is 4.99 Å². The zero-order chi connectivity index (χ0) is 47.1. The predicted octanol–water partition coefficient (Wildman–Crippen LogP) is 14.7. The summed E-state index contributed by atoms with van der Waals surface area (Å²) in [4.78, 5) is 12.7. The average molecular weight is 1030 g/mol. The Morgan fingerprint density at radius 2 is 1.36 bits per heavy atom. The molecule has 64 heavy (non-hydrogen) atoms. The van der Waals surface area contributed by atoms with Crippen LogP contribution in [0.15, 0.2) is 84.0 Å². The van der Waals surface area contributed by atoms with Crippen LogP contribution < -0.4 is 9.64 Å². The molecule has 6 heteroatoms. The molecule has 0 spiro atoms. The summed E-state index contributed by atoms with van der Waals surface area (Å²) in [6, 6.07) is 33.2. The van der Waals surface area contributed by atoms with Crippen LogP contribution in [-0.2, 0) is 48.6 Å². The molecule has 1 aromatic heterocycles. The minimum Gasteiger partial charge on any atom is -0.507 e. The van der Waals surface area contributed by atoms with Crippen molar-refractivity contribution in [2.75, 3.05) is 4.90 Å². The van der Waals surface area contributed by atoms with Crippen molar-refractivity contribution in [3.8, 4) is 22.6 Å². The van der Waals surface area contributed by atoms with Crippen molar-refractivity contribution in [3.63, 3.8) is 0 Å². The summed E-state index contributed by atoms with van der Waals surface area (Å²) in [7, 11) is 0. The molecule has 2 aliphatic heterocycles. The summed E-state index contributed by atoms with van der Waals surface area (Å²) in [5, 5.41) is 0. The van der Waals surface area contributed by atoms with Crippen molar-refractivity contribution in [1.82, 2.24) is 4.98 Å². The third kappa shape index (κ3) is 7.16. The zero-order valence-electron chi connectivity index (χ0n) is 42.5. The molecule has 9 rings (SSSR count). The summed E-state index contributed by atoms with van der Waals surface area (Å²) in [6.07, 6.45) is 0.117. The molecule has 5 nitrogen and oxygen atoms in total. The molecule has 1 aliphatic carbocycles. The van der Waals surface area contributed by atoms with Gasteiger partial charge in [0.05, 0.1) is 5.54 Å². The van der Waals surface area contributed by atoms with E-state index in [-0.39, 0.29) is 31.9 Å². The van der Waals surface area contributed by atoms with E-state index in [0.717, 1.165) is 72.8 Å². The second-order valence-corrected chi connectivity index (χ2v) is 21.4. The third-order valence-corrected chi connectivity index (χ3v) is 13.8. The Hall–Kier alpha value is -4.99. The maximum absolute atomic E-state index is 9.78. The number of hydrogen-bond acceptors (Lipinski definition) is 5. The van der Waals surface area contributed by atoms with Crippen molar-refractivity contribution >= 4 is 23.1 Å². The maximum Gasteiger partial charge on any atom is 2.00 e.